The number of hydrogen-bond donors (Lipinski definition) is 2. The van der Waals surface area contributed by atoms with E-state index in [9.17, 15) is 9.36 Å². The van der Waals surface area contributed by atoms with Crippen molar-refractivity contribution >= 4 is 41.2 Å². The number of amides is 1. The van der Waals surface area contributed by atoms with E-state index in [0.717, 1.165) is 0 Å². The van der Waals surface area contributed by atoms with Crippen LogP contribution in [0.3, 0.4) is 0 Å². The van der Waals surface area contributed by atoms with Crippen molar-refractivity contribution in [2.24, 2.45) is 5.73 Å². The number of carbonyl (C=O) groups is 1. The number of hydrogen-bond acceptors (Lipinski definition) is 9. The standard InChI is InChI=1S/C25H25N4O6P/c1-4-33-36(3,31)22-12-9-16(15-21(22)32-2)28-25-27-14-13-23(29-25)34-19-10-11-20(35-24(26)30)18-8-6-5-7-17(18)19/h5-15H,4H2,1-3H3,(H2,26,30)(H,27,28,29). The number of nitrogens with two attached hydrogens (primary N) is 1. The number of nitrogens with zero attached hydrogens (tertiary/aromatic N) is 2. The molecule has 0 saturated heterocycles. The van der Waals surface area contributed by atoms with Gasteiger partial charge in [-0.3, -0.25) is 4.57 Å². The summed E-state index contributed by atoms with van der Waals surface area (Å²) < 4.78 is 34.8. The van der Waals surface area contributed by atoms with Crippen LogP contribution in [0.25, 0.3) is 10.8 Å². The summed E-state index contributed by atoms with van der Waals surface area (Å²) >= 11 is 0. The summed E-state index contributed by atoms with van der Waals surface area (Å²) in [4.78, 5) is 19.9. The fourth-order valence-electron chi connectivity index (χ4n) is 3.64. The smallest absolute Gasteiger partial charge is 0.409 e. The molecule has 36 heavy (non-hydrogen) atoms. The van der Waals surface area contributed by atoms with Gasteiger partial charge < -0.3 is 29.8 Å². The first kappa shape index (κ1) is 25.0. The number of primary amides is 1. The third-order valence-electron chi connectivity index (χ3n) is 5.15. The maximum atomic E-state index is 12.9. The van der Waals surface area contributed by atoms with E-state index in [4.69, 9.17) is 24.5 Å². The number of methoxy groups -OCH3 is 1. The Morgan fingerprint density at radius 1 is 1.03 bits per heavy atom. The lowest BCUT2D eigenvalue weighted by Crippen LogP contribution is -2.16. The lowest BCUT2D eigenvalue weighted by Gasteiger charge is -2.17. The Kier molecular flexibility index (Phi) is 7.38. The van der Waals surface area contributed by atoms with Gasteiger partial charge in [0, 0.05) is 41.5 Å². The minimum atomic E-state index is -3.02. The third kappa shape index (κ3) is 5.56. The summed E-state index contributed by atoms with van der Waals surface area (Å²) in [5.74, 6) is 1.84. The van der Waals surface area contributed by atoms with Gasteiger partial charge >= 0.3 is 6.09 Å². The van der Waals surface area contributed by atoms with Gasteiger partial charge in [-0.2, -0.15) is 4.98 Å². The highest BCUT2D eigenvalue weighted by atomic mass is 31.2. The maximum absolute atomic E-state index is 12.9. The summed E-state index contributed by atoms with van der Waals surface area (Å²) in [6, 6.07) is 17.3. The molecule has 0 fully saturated rings. The number of aromatic nitrogens is 2. The van der Waals surface area contributed by atoms with Gasteiger partial charge in [-0.05, 0) is 31.2 Å². The molecule has 0 saturated carbocycles. The van der Waals surface area contributed by atoms with E-state index in [1.54, 1.807) is 62.2 Å². The van der Waals surface area contributed by atoms with Crippen molar-refractivity contribution in [1.82, 2.24) is 9.97 Å². The van der Waals surface area contributed by atoms with Crippen molar-refractivity contribution in [2.75, 3.05) is 25.7 Å². The molecule has 1 amide bonds. The minimum Gasteiger partial charge on any atom is -0.496 e. The van der Waals surface area contributed by atoms with Gasteiger partial charge in [0.05, 0.1) is 19.0 Å². The molecule has 1 unspecified atom stereocenters. The second kappa shape index (κ2) is 10.6. The first-order valence-electron chi connectivity index (χ1n) is 11.0. The molecule has 3 N–H and O–H groups in total. The SMILES string of the molecule is CCOP(C)(=O)c1ccc(Nc2nccc(Oc3ccc(OC(N)=O)c4ccccc34)n2)cc1OC. The normalized spacial score (nSPS) is 12.5. The molecule has 1 aromatic heterocycles. The average Bonchev–Trinajstić information content (AvgIpc) is 2.85. The number of anilines is 2. The van der Waals surface area contributed by atoms with E-state index in [-0.39, 0.29) is 5.95 Å². The minimum absolute atomic E-state index is 0.282. The van der Waals surface area contributed by atoms with Gasteiger partial charge in [-0.15, -0.1) is 0 Å². The van der Waals surface area contributed by atoms with Crippen molar-refractivity contribution < 1.29 is 28.1 Å². The van der Waals surface area contributed by atoms with E-state index in [1.165, 1.54) is 7.11 Å². The molecule has 11 heteroatoms. The molecule has 0 aliphatic carbocycles. The van der Waals surface area contributed by atoms with Crippen molar-refractivity contribution in [1.29, 1.82) is 0 Å². The van der Waals surface area contributed by atoms with E-state index in [2.05, 4.69) is 15.3 Å². The van der Waals surface area contributed by atoms with Gasteiger partial charge in [-0.1, -0.05) is 24.3 Å². The highest BCUT2D eigenvalue weighted by Gasteiger charge is 2.23. The van der Waals surface area contributed by atoms with Crippen LogP contribution in [-0.2, 0) is 9.09 Å². The molecule has 4 aromatic rings. The Balaban J connectivity index is 1.59. The molecule has 4 rings (SSSR count). The molecule has 3 aromatic carbocycles. The summed E-state index contributed by atoms with van der Waals surface area (Å²) in [5.41, 5.74) is 5.80. The van der Waals surface area contributed by atoms with Crippen molar-refractivity contribution in [3.05, 3.63) is 66.9 Å². The third-order valence-corrected chi connectivity index (χ3v) is 7.14. The van der Waals surface area contributed by atoms with Gasteiger partial charge in [-0.25, -0.2) is 9.78 Å². The molecular formula is C25H25N4O6P. The second-order valence-corrected chi connectivity index (χ2v) is 10.1. The van der Waals surface area contributed by atoms with E-state index in [0.29, 0.717) is 51.5 Å². The number of ether oxygens (including phenoxy) is 3. The highest BCUT2D eigenvalue weighted by Crippen LogP contribution is 2.44. The molecule has 0 aliphatic rings. The molecule has 10 nitrogen and oxygen atoms in total. The Morgan fingerprint density at radius 3 is 2.44 bits per heavy atom. The molecule has 186 valence electrons. The average molecular weight is 508 g/mol. The van der Waals surface area contributed by atoms with Crippen LogP contribution in [0.2, 0.25) is 0 Å². The Labute approximate surface area is 207 Å². The zero-order valence-corrected chi connectivity index (χ0v) is 20.8. The van der Waals surface area contributed by atoms with Crippen molar-refractivity contribution in [3.8, 4) is 23.1 Å². The summed E-state index contributed by atoms with van der Waals surface area (Å²) in [7, 11) is -1.51. The molecule has 1 atom stereocenters. The summed E-state index contributed by atoms with van der Waals surface area (Å²) in [6.07, 6.45) is 0.655. The quantitative estimate of drug-likeness (QED) is 0.292. The summed E-state index contributed by atoms with van der Waals surface area (Å²) in [5, 5.41) is 4.96. The molecule has 0 spiro atoms. The Bertz CT molecular complexity index is 1460. The van der Waals surface area contributed by atoms with Crippen molar-refractivity contribution in [2.45, 2.75) is 6.92 Å². The van der Waals surface area contributed by atoms with Crippen molar-refractivity contribution in [3.63, 3.8) is 0 Å². The predicted molar refractivity (Wildman–Crippen MR) is 137 cm³/mol. The Hall–Kier alpha value is -4.14. The van der Waals surface area contributed by atoms with Crippen LogP contribution in [0.5, 0.6) is 23.1 Å². The maximum Gasteiger partial charge on any atom is 0.409 e. The van der Waals surface area contributed by atoms with Gasteiger partial charge in [0.1, 0.15) is 17.2 Å². The Morgan fingerprint density at radius 2 is 1.75 bits per heavy atom. The monoisotopic (exact) mass is 508 g/mol. The van der Waals surface area contributed by atoms with Crippen LogP contribution >= 0.6 is 7.37 Å². The van der Waals surface area contributed by atoms with Gasteiger partial charge in [0.15, 0.2) is 0 Å². The van der Waals surface area contributed by atoms with E-state index in [1.807, 2.05) is 18.2 Å². The topological polar surface area (TPSA) is 135 Å². The van der Waals surface area contributed by atoms with Crippen LogP contribution in [0.1, 0.15) is 6.92 Å². The highest BCUT2D eigenvalue weighted by molar-refractivity contribution is 7.66. The lowest BCUT2D eigenvalue weighted by atomic mass is 10.1. The molecule has 0 aliphatic heterocycles. The number of rotatable bonds is 9. The number of carbonyl (C=O) groups excluding carboxylic acids is 1. The van der Waals surface area contributed by atoms with Crippen LogP contribution in [0.15, 0.2) is 66.9 Å². The van der Waals surface area contributed by atoms with Crippen LogP contribution in [-0.4, -0.2) is 36.4 Å². The molecule has 0 bridgehead atoms. The molecular weight excluding hydrogens is 483 g/mol. The molecule has 1 heterocycles. The van der Waals surface area contributed by atoms with E-state index < -0.39 is 13.5 Å². The first-order valence-corrected chi connectivity index (χ1v) is 13.1. The first-order chi connectivity index (χ1) is 17.3. The van der Waals surface area contributed by atoms with Gasteiger partial charge in [0.25, 0.3) is 0 Å². The fourth-order valence-corrected chi connectivity index (χ4v) is 5.17. The zero-order valence-electron chi connectivity index (χ0n) is 19.9. The number of fused-ring (bicyclic) bond motifs is 1. The lowest BCUT2D eigenvalue weighted by molar-refractivity contribution is 0.211. The number of benzene rings is 3. The van der Waals surface area contributed by atoms with Gasteiger partial charge in [0.2, 0.25) is 19.2 Å². The summed E-state index contributed by atoms with van der Waals surface area (Å²) in [6.45, 7) is 3.67. The second-order valence-electron chi connectivity index (χ2n) is 7.62. The predicted octanol–water partition coefficient (Wildman–Crippen LogP) is 5.20. The zero-order chi connectivity index (χ0) is 25.7. The van der Waals surface area contributed by atoms with Crippen LogP contribution < -0.4 is 30.6 Å². The van der Waals surface area contributed by atoms with Crippen LogP contribution in [0, 0.1) is 0 Å². The van der Waals surface area contributed by atoms with Crippen LogP contribution in [0.4, 0.5) is 16.4 Å². The largest absolute Gasteiger partial charge is 0.496 e. The van der Waals surface area contributed by atoms with E-state index >= 15 is 0 Å². The number of nitrogens with one attached hydrogen (secondary N) is 1. The molecule has 0 radical (unpaired) electrons. The fraction of sp³-hybridized carbons (Fsp3) is 0.160.